The summed E-state index contributed by atoms with van der Waals surface area (Å²) in [6, 6.07) is 4.65. The number of fused-ring (bicyclic) bond motifs is 1. The van der Waals surface area contributed by atoms with Crippen LogP contribution in [0.3, 0.4) is 0 Å². The molecule has 3 aromatic heterocycles. The Kier molecular flexibility index (Phi) is 4.40. The monoisotopic (exact) mass is 383 g/mol. The Labute approximate surface area is 163 Å². The number of nitrogens with zero attached hydrogens (tertiary/aromatic N) is 5. The second-order valence-electron chi connectivity index (χ2n) is 7.49. The Bertz CT molecular complexity index is 955. The van der Waals surface area contributed by atoms with Gasteiger partial charge in [-0.1, -0.05) is 0 Å². The average molecular weight is 383 g/mol. The standard InChI is InChI=1S/C19H25N7O2/c1-12-10-27-7-5-25(12)15-9-16(26-6-8-28-11-13(26)2)21-19-17(15)22-18(23-19)14-3-4-20-24-14/h3-4,9,12-13H,5-8,10-11H2,1-2H3,(H,20,24)(H,21,22,23)/t12-,13+/m1/s1. The SMILES string of the molecule is C[C@@H]1COCCN1c1cc(N2CCOC[C@@H]2C)nc2nc(-c3ccn[nH]3)[nH]c12. The lowest BCUT2D eigenvalue weighted by Crippen LogP contribution is -2.45. The lowest BCUT2D eigenvalue weighted by atomic mass is 10.2. The van der Waals surface area contributed by atoms with Crippen LogP contribution < -0.4 is 9.80 Å². The molecule has 2 fully saturated rings. The largest absolute Gasteiger partial charge is 0.377 e. The van der Waals surface area contributed by atoms with Crippen molar-refractivity contribution >= 4 is 22.7 Å². The van der Waals surface area contributed by atoms with Crippen LogP contribution in [0.2, 0.25) is 0 Å². The molecule has 0 aromatic carbocycles. The van der Waals surface area contributed by atoms with Gasteiger partial charge in [0.1, 0.15) is 17.0 Å². The van der Waals surface area contributed by atoms with Crippen molar-refractivity contribution in [3.63, 3.8) is 0 Å². The fourth-order valence-corrected chi connectivity index (χ4v) is 4.00. The quantitative estimate of drug-likeness (QED) is 0.712. The molecule has 0 bridgehead atoms. The number of nitrogens with one attached hydrogen (secondary N) is 2. The van der Waals surface area contributed by atoms with Gasteiger partial charge in [-0.2, -0.15) is 5.10 Å². The molecule has 0 radical (unpaired) electrons. The zero-order chi connectivity index (χ0) is 19.1. The van der Waals surface area contributed by atoms with Gasteiger partial charge < -0.3 is 24.3 Å². The molecule has 2 N–H and O–H groups in total. The van der Waals surface area contributed by atoms with Crippen molar-refractivity contribution in [2.75, 3.05) is 49.3 Å². The molecule has 2 aliphatic heterocycles. The van der Waals surface area contributed by atoms with Crippen LogP contribution in [-0.2, 0) is 9.47 Å². The second kappa shape index (κ2) is 7.06. The topological polar surface area (TPSA) is 95.2 Å². The van der Waals surface area contributed by atoms with Gasteiger partial charge in [0.25, 0.3) is 0 Å². The first-order valence-corrected chi connectivity index (χ1v) is 9.80. The summed E-state index contributed by atoms with van der Waals surface area (Å²) < 4.78 is 11.3. The zero-order valence-corrected chi connectivity index (χ0v) is 16.2. The number of hydrogen-bond acceptors (Lipinski definition) is 7. The van der Waals surface area contributed by atoms with E-state index >= 15 is 0 Å². The molecule has 28 heavy (non-hydrogen) atoms. The number of ether oxygens (including phenoxy) is 2. The highest BCUT2D eigenvalue weighted by Gasteiger charge is 2.27. The van der Waals surface area contributed by atoms with E-state index in [0.717, 1.165) is 53.9 Å². The van der Waals surface area contributed by atoms with Crippen LogP contribution in [0.1, 0.15) is 13.8 Å². The van der Waals surface area contributed by atoms with Crippen molar-refractivity contribution in [3.8, 4) is 11.5 Å². The van der Waals surface area contributed by atoms with Gasteiger partial charge in [-0.3, -0.25) is 5.10 Å². The van der Waals surface area contributed by atoms with E-state index < -0.39 is 0 Å². The van der Waals surface area contributed by atoms with Crippen LogP contribution in [0.5, 0.6) is 0 Å². The molecule has 9 heteroatoms. The van der Waals surface area contributed by atoms with Crippen LogP contribution in [0.15, 0.2) is 18.3 Å². The number of hydrogen-bond donors (Lipinski definition) is 2. The number of rotatable bonds is 3. The minimum atomic E-state index is 0.277. The normalized spacial score (nSPS) is 23.5. The predicted molar refractivity (Wildman–Crippen MR) is 107 cm³/mol. The van der Waals surface area contributed by atoms with E-state index in [4.69, 9.17) is 19.4 Å². The summed E-state index contributed by atoms with van der Waals surface area (Å²) in [6.07, 6.45) is 1.72. The number of pyridine rings is 1. The van der Waals surface area contributed by atoms with Crippen LogP contribution in [0, 0.1) is 0 Å². The molecule has 2 aliphatic rings. The summed E-state index contributed by atoms with van der Waals surface area (Å²) in [7, 11) is 0. The van der Waals surface area contributed by atoms with Crippen molar-refractivity contribution in [1.82, 2.24) is 25.1 Å². The molecule has 0 aliphatic carbocycles. The van der Waals surface area contributed by atoms with Gasteiger partial charge in [0.05, 0.1) is 38.2 Å². The first-order valence-electron chi connectivity index (χ1n) is 9.80. The predicted octanol–water partition coefficient (Wildman–Crippen LogP) is 1.80. The number of imidazole rings is 1. The fraction of sp³-hybridized carbons (Fsp3) is 0.526. The van der Waals surface area contributed by atoms with Crippen molar-refractivity contribution in [2.24, 2.45) is 0 Å². The third-order valence-corrected chi connectivity index (χ3v) is 5.52. The summed E-state index contributed by atoms with van der Waals surface area (Å²) in [4.78, 5) is 17.8. The maximum atomic E-state index is 5.65. The highest BCUT2D eigenvalue weighted by molar-refractivity contribution is 5.90. The molecule has 2 atom stereocenters. The number of aromatic nitrogens is 5. The van der Waals surface area contributed by atoms with E-state index in [1.54, 1.807) is 6.20 Å². The van der Waals surface area contributed by atoms with Crippen molar-refractivity contribution in [1.29, 1.82) is 0 Å². The highest BCUT2D eigenvalue weighted by Crippen LogP contribution is 2.33. The molecule has 2 saturated heterocycles. The molecular formula is C19H25N7O2. The number of aromatic amines is 2. The molecule has 0 saturated carbocycles. The van der Waals surface area contributed by atoms with E-state index in [-0.39, 0.29) is 12.1 Å². The lowest BCUT2D eigenvalue weighted by Gasteiger charge is -2.37. The van der Waals surface area contributed by atoms with Crippen molar-refractivity contribution < 1.29 is 9.47 Å². The first-order chi connectivity index (χ1) is 13.7. The summed E-state index contributed by atoms with van der Waals surface area (Å²) in [6.45, 7) is 8.90. The van der Waals surface area contributed by atoms with Gasteiger partial charge in [0.15, 0.2) is 11.5 Å². The van der Waals surface area contributed by atoms with Crippen LogP contribution in [0.25, 0.3) is 22.7 Å². The van der Waals surface area contributed by atoms with Crippen LogP contribution in [0.4, 0.5) is 11.5 Å². The molecule has 3 aromatic rings. The van der Waals surface area contributed by atoms with E-state index in [0.29, 0.717) is 19.8 Å². The van der Waals surface area contributed by atoms with Gasteiger partial charge in [-0.25, -0.2) is 9.97 Å². The van der Waals surface area contributed by atoms with E-state index in [1.165, 1.54) is 0 Å². The van der Waals surface area contributed by atoms with Gasteiger partial charge in [0.2, 0.25) is 0 Å². The zero-order valence-electron chi connectivity index (χ0n) is 16.2. The maximum Gasteiger partial charge on any atom is 0.182 e. The number of anilines is 2. The summed E-state index contributed by atoms with van der Waals surface area (Å²) in [5, 5.41) is 7.01. The first kappa shape index (κ1) is 17.4. The van der Waals surface area contributed by atoms with E-state index in [1.807, 2.05) is 6.07 Å². The number of H-pyrrole nitrogens is 2. The van der Waals surface area contributed by atoms with Gasteiger partial charge in [-0.05, 0) is 19.9 Å². The molecule has 0 spiro atoms. The maximum absolute atomic E-state index is 5.65. The van der Waals surface area contributed by atoms with E-state index in [9.17, 15) is 0 Å². The second-order valence-corrected chi connectivity index (χ2v) is 7.49. The Morgan fingerprint density at radius 3 is 2.46 bits per heavy atom. The number of morpholine rings is 2. The molecule has 5 heterocycles. The van der Waals surface area contributed by atoms with Crippen molar-refractivity contribution in [2.45, 2.75) is 25.9 Å². The minimum Gasteiger partial charge on any atom is -0.377 e. The Hall–Kier alpha value is -2.65. The lowest BCUT2D eigenvalue weighted by molar-refractivity contribution is 0.0981. The van der Waals surface area contributed by atoms with E-state index in [2.05, 4.69) is 44.9 Å². The molecule has 9 nitrogen and oxygen atoms in total. The highest BCUT2D eigenvalue weighted by atomic mass is 16.5. The van der Waals surface area contributed by atoms with Gasteiger partial charge in [-0.15, -0.1) is 0 Å². The summed E-state index contributed by atoms with van der Waals surface area (Å²) >= 11 is 0. The Morgan fingerprint density at radius 1 is 1.04 bits per heavy atom. The molecule has 5 rings (SSSR count). The van der Waals surface area contributed by atoms with Crippen molar-refractivity contribution in [3.05, 3.63) is 18.3 Å². The summed E-state index contributed by atoms with van der Waals surface area (Å²) in [5.74, 6) is 1.69. The molecule has 148 valence electrons. The minimum absolute atomic E-state index is 0.277. The van der Waals surface area contributed by atoms with Crippen LogP contribution in [-0.4, -0.2) is 76.8 Å². The third kappa shape index (κ3) is 3.00. The van der Waals surface area contributed by atoms with Crippen LogP contribution >= 0.6 is 0 Å². The average Bonchev–Trinajstić information content (AvgIpc) is 3.37. The van der Waals surface area contributed by atoms with Gasteiger partial charge in [0, 0.05) is 31.4 Å². The summed E-state index contributed by atoms with van der Waals surface area (Å²) in [5.41, 5.74) is 3.63. The molecule has 0 unspecified atom stereocenters. The Balaban J connectivity index is 1.65. The smallest absolute Gasteiger partial charge is 0.182 e. The molecule has 0 amide bonds. The Morgan fingerprint density at radius 2 is 1.79 bits per heavy atom. The fourth-order valence-electron chi connectivity index (χ4n) is 4.00. The third-order valence-electron chi connectivity index (χ3n) is 5.52. The molecular weight excluding hydrogens is 358 g/mol. The van der Waals surface area contributed by atoms with Gasteiger partial charge >= 0.3 is 0 Å².